The molecule has 2 N–H and O–H groups in total. The molecule has 56 valence electrons. The fourth-order valence-electron chi connectivity index (χ4n) is 0.579. The maximum absolute atomic E-state index is 5.42. The van der Waals surface area contributed by atoms with Crippen LogP contribution in [0.2, 0.25) is 19.6 Å². The van der Waals surface area contributed by atoms with Crippen LogP contribution in [0.3, 0.4) is 0 Å². The van der Waals surface area contributed by atoms with E-state index >= 15 is 0 Å². The summed E-state index contributed by atoms with van der Waals surface area (Å²) in [5.41, 5.74) is 5.42. The van der Waals surface area contributed by atoms with Crippen molar-refractivity contribution in [2.75, 3.05) is 6.54 Å². The second-order valence-corrected chi connectivity index (χ2v) is 10.8. The molecule has 0 aromatic carbocycles. The van der Waals surface area contributed by atoms with Crippen LogP contribution in [0.15, 0.2) is 0 Å². The quantitative estimate of drug-likeness (QED) is 0.559. The summed E-state index contributed by atoms with van der Waals surface area (Å²) in [5.74, 6) is 0. The first-order chi connectivity index (χ1) is 3.98. The van der Waals surface area contributed by atoms with E-state index in [9.17, 15) is 0 Å². The minimum atomic E-state index is -0.945. The summed E-state index contributed by atoms with van der Waals surface area (Å²) in [6.45, 7) is 7.85. The van der Waals surface area contributed by atoms with Crippen molar-refractivity contribution in [1.29, 1.82) is 0 Å². The zero-order valence-electron chi connectivity index (χ0n) is 6.45. The Morgan fingerprint density at radius 3 is 2.00 bits per heavy atom. The van der Waals surface area contributed by atoms with Gasteiger partial charge in [0, 0.05) is 4.45 Å². The average Bonchev–Trinajstić information content (AvgIpc) is 1.64. The first-order valence-corrected chi connectivity index (χ1v) is 7.82. The van der Waals surface area contributed by atoms with Crippen LogP contribution in [0.4, 0.5) is 0 Å². The van der Waals surface area contributed by atoms with Crippen molar-refractivity contribution in [1.82, 2.24) is 0 Å². The smallest absolute Gasteiger partial charge is 0.0596 e. The van der Waals surface area contributed by atoms with Crippen LogP contribution in [0, 0.1) is 0 Å². The highest BCUT2D eigenvalue weighted by atomic mass is 79.9. The monoisotopic (exact) mass is 209 g/mol. The number of rotatable bonds is 3. The van der Waals surface area contributed by atoms with Gasteiger partial charge in [-0.05, 0) is 13.0 Å². The molecule has 0 fully saturated rings. The third kappa shape index (κ3) is 4.11. The molecule has 0 saturated carbocycles. The lowest BCUT2D eigenvalue weighted by Gasteiger charge is -2.22. The Kier molecular flexibility index (Phi) is 4.01. The van der Waals surface area contributed by atoms with Crippen molar-refractivity contribution in [3.05, 3.63) is 0 Å². The molecule has 0 heterocycles. The summed E-state index contributed by atoms with van der Waals surface area (Å²) in [5, 5.41) is 0. The standard InChI is InChI=1S/C6H16BrNSi/c1-9(2,3)6(7)4-5-8/h6H,4-5,8H2,1-3H3. The van der Waals surface area contributed by atoms with Gasteiger partial charge in [-0.2, -0.15) is 0 Å². The number of hydrogen-bond donors (Lipinski definition) is 1. The van der Waals surface area contributed by atoms with Crippen LogP contribution < -0.4 is 5.73 Å². The van der Waals surface area contributed by atoms with E-state index in [0.717, 1.165) is 13.0 Å². The molecule has 1 atom stereocenters. The van der Waals surface area contributed by atoms with Crippen LogP contribution in [-0.4, -0.2) is 19.1 Å². The Hall–Kier alpha value is 0.657. The number of nitrogens with two attached hydrogens (primary N) is 1. The molecule has 0 bridgehead atoms. The summed E-state index contributed by atoms with van der Waals surface area (Å²) in [4.78, 5) is 0. The summed E-state index contributed by atoms with van der Waals surface area (Å²) in [7, 11) is -0.945. The van der Waals surface area contributed by atoms with Crippen molar-refractivity contribution >= 4 is 24.0 Å². The second kappa shape index (κ2) is 3.74. The van der Waals surface area contributed by atoms with Gasteiger partial charge in [-0.3, -0.25) is 0 Å². The molecule has 1 nitrogen and oxygen atoms in total. The maximum atomic E-state index is 5.42. The molecule has 0 aliphatic heterocycles. The highest BCUT2D eigenvalue weighted by molar-refractivity contribution is 9.10. The number of halogens is 1. The number of alkyl halides is 1. The SMILES string of the molecule is C[Si](C)(C)C(Br)CCN. The Bertz CT molecular complexity index is 79.6. The third-order valence-corrected chi connectivity index (χ3v) is 8.11. The van der Waals surface area contributed by atoms with E-state index in [1.165, 1.54) is 0 Å². The van der Waals surface area contributed by atoms with Gasteiger partial charge in [0.05, 0.1) is 8.07 Å². The van der Waals surface area contributed by atoms with Gasteiger partial charge >= 0.3 is 0 Å². The predicted octanol–water partition coefficient (Wildman–Crippen LogP) is 1.98. The topological polar surface area (TPSA) is 26.0 Å². The van der Waals surface area contributed by atoms with E-state index in [1.54, 1.807) is 0 Å². The minimum absolute atomic E-state index is 0.690. The fourth-order valence-corrected chi connectivity index (χ4v) is 1.88. The van der Waals surface area contributed by atoms with E-state index in [2.05, 4.69) is 35.6 Å². The first-order valence-electron chi connectivity index (χ1n) is 3.32. The van der Waals surface area contributed by atoms with Gasteiger partial charge in [-0.1, -0.05) is 35.6 Å². The van der Waals surface area contributed by atoms with Gasteiger partial charge in [-0.25, -0.2) is 0 Å². The number of hydrogen-bond acceptors (Lipinski definition) is 1. The van der Waals surface area contributed by atoms with E-state index in [1.807, 2.05) is 0 Å². The van der Waals surface area contributed by atoms with Crippen molar-refractivity contribution in [3.8, 4) is 0 Å². The molecular weight excluding hydrogens is 194 g/mol. The molecule has 0 amide bonds. The lowest BCUT2D eigenvalue weighted by Crippen LogP contribution is -2.34. The average molecular weight is 210 g/mol. The second-order valence-electron chi connectivity index (χ2n) is 3.41. The predicted molar refractivity (Wildman–Crippen MR) is 49.7 cm³/mol. The van der Waals surface area contributed by atoms with Gasteiger partial charge in [0.15, 0.2) is 0 Å². The Balaban J connectivity index is 3.59. The Morgan fingerprint density at radius 1 is 1.44 bits per heavy atom. The van der Waals surface area contributed by atoms with E-state index in [0.29, 0.717) is 4.45 Å². The Labute approximate surface area is 67.2 Å². The molecule has 0 rings (SSSR count). The summed E-state index contributed by atoms with van der Waals surface area (Å²) in [6, 6.07) is 0. The molecule has 0 spiro atoms. The molecule has 0 aromatic rings. The summed E-state index contributed by atoms with van der Waals surface area (Å²) >= 11 is 3.64. The van der Waals surface area contributed by atoms with Crippen LogP contribution >= 0.6 is 15.9 Å². The maximum Gasteiger partial charge on any atom is 0.0596 e. The Morgan fingerprint density at radius 2 is 1.89 bits per heavy atom. The third-order valence-electron chi connectivity index (χ3n) is 1.36. The van der Waals surface area contributed by atoms with Crippen molar-refractivity contribution < 1.29 is 0 Å². The largest absolute Gasteiger partial charge is 0.330 e. The summed E-state index contributed by atoms with van der Waals surface area (Å²) in [6.07, 6.45) is 1.12. The molecule has 0 aliphatic carbocycles. The van der Waals surface area contributed by atoms with Crippen LogP contribution in [0.1, 0.15) is 6.42 Å². The van der Waals surface area contributed by atoms with Crippen molar-refractivity contribution in [2.45, 2.75) is 30.5 Å². The van der Waals surface area contributed by atoms with Gasteiger partial charge in [0.2, 0.25) is 0 Å². The molecule has 0 aliphatic rings. The minimum Gasteiger partial charge on any atom is -0.330 e. The van der Waals surface area contributed by atoms with Crippen molar-refractivity contribution in [2.24, 2.45) is 5.73 Å². The van der Waals surface area contributed by atoms with Gasteiger partial charge in [-0.15, -0.1) is 0 Å². The lowest BCUT2D eigenvalue weighted by molar-refractivity contribution is 0.898. The summed E-state index contributed by atoms with van der Waals surface area (Å²) < 4.78 is 0.690. The first kappa shape index (κ1) is 9.66. The molecule has 9 heavy (non-hydrogen) atoms. The molecule has 1 unspecified atom stereocenters. The molecule has 3 heteroatoms. The fraction of sp³-hybridized carbons (Fsp3) is 1.00. The zero-order chi connectivity index (χ0) is 7.49. The molecular formula is C6H16BrNSi. The van der Waals surface area contributed by atoms with Crippen LogP contribution in [0.25, 0.3) is 0 Å². The molecule has 0 saturated heterocycles. The normalized spacial score (nSPS) is 15.7. The molecule has 0 aromatic heterocycles. The van der Waals surface area contributed by atoms with E-state index in [-0.39, 0.29) is 0 Å². The van der Waals surface area contributed by atoms with Gasteiger partial charge < -0.3 is 5.73 Å². The highest BCUT2D eigenvalue weighted by Crippen LogP contribution is 2.18. The van der Waals surface area contributed by atoms with E-state index < -0.39 is 8.07 Å². The van der Waals surface area contributed by atoms with Crippen LogP contribution in [0.5, 0.6) is 0 Å². The highest BCUT2D eigenvalue weighted by Gasteiger charge is 2.22. The lowest BCUT2D eigenvalue weighted by atomic mass is 10.5. The van der Waals surface area contributed by atoms with Crippen molar-refractivity contribution in [3.63, 3.8) is 0 Å². The van der Waals surface area contributed by atoms with Gasteiger partial charge in [0.25, 0.3) is 0 Å². The van der Waals surface area contributed by atoms with Crippen LogP contribution in [-0.2, 0) is 0 Å². The van der Waals surface area contributed by atoms with E-state index in [4.69, 9.17) is 5.73 Å². The zero-order valence-corrected chi connectivity index (χ0v) is 9.03. The van der Waals surface area contributed by atoms with Gasteiger partial charge in [0.1, 0.15) is 0 Å². The molecule has 0 radical (unpaired) electrons.